The van der Waals surface area contributed by atoms with Crippen molar-refractivity contribution in [2.24, 2.45) is 10.4 Å². The zero-order valence-corrected chi connectivity index (χ0v) is 16.8. The number of nitrogens with zero attached hydrogens (tertiary/aromatic N) is 1. The number of allylic oxidation sites excluding steroid dienone is 2. The fourth-order valence-corrected chi connectivity index (χ4v) is 3.39. The van der Waals surface area contributed by atoms with Crippen molar-refractivity contribution in [3.05, 3.63) is 95.6 Å². The third kappa shape index (κ3) is 5.75. The van der Waals surface area contributed by atoms with Crippen LogP contribution in [-0.2, 0) is 17.9 Å². The zero-order chi connectivity index (χ0) is 20.5. The number of rotatable bonds is 4. The summed E-state index contributed by atoms with van der Waals surface area (Å²) in [6.07, 6.45) is 8.47. The standard InChI is InChI=1S/C18H20N2O.C7H8O/c1-18-10-6-5-9-15(18)11-16(20-13-18)17(21)19-12-14-7-3-2-4-8-14;8-6-7-4-2-1-3-5-7/h2-5,7-9,11H,6,10,12-13H2,1H3,(H,19,21);1-5,8H,6H2. The Morgan fingerprint density at radius 1 is 1.07 bits per heavy atom. The Kier molecular flexibility index (Phi) is 7.14. The Labute approximate surface area is 172 Å². The number of fused-ring (bicyclic) bond motifs is 1. The number of nitrogens with one attached hydrogen (secondary N) is 1. The van der Waals surface area contributed by atoms with Gasteiger partial charge in [0.15, 0.2) is 0 Å². The minimum absolute atomic E-state index is 0.0904. The van der Waals surface area contributed by atoms with Gasteiger partial charge in [-0.1, -0.05) is 79.7 Å². The van der Waals surface area contributed by atoms with Gasteiger partial charge in [0.1, 0.15) is 5.71 Å². The van der Waals surface area contributed by atoms with Gasteiger partial charge in [0.2, 0.25) is 0 Å². The van der Waals surface area contributed by atoms with Crippen LogP contribution in [-0.4, -0.2) is 23.3 Å². The highest BCUT2D eigenvalue weighted by atomic mass is 16.3. The molecule has 0 spiro atoms. The number of aliphatic hydroxyl groups is 1. The second-order valence-corrected chi connectivity index (χ2v) is 7.61. The number of carbonyl (C=O) groups excluding carboxylic acids is 1. The Hall–Kier alpha value is -2.98. The van der Waals surface area contributed by atoms with Crippen LogP contribution in [0.5, 0.6) is 0 Å². The van der Waals surface area contributed by atoms with Gasteiger partial charge in [-0.2, -0.15) is 0 Å². The molecule has 4 rings (SSSR count). The number of benzene rings is 2. The number of hydrogen-bond acceptors (Lipinski definition) is 3. The van der Waals surface area contributed by atoms with Crippen molar-refractivity contribution < 1.29 is 9.90 Å². The summed E-state index contributed by atoms with van der Waals surface area (Å²) in [7, 11) is 0. The van der Waals surface area contributed by atoms with E-state index in [1.807, 2.05) is 66.7 Å². The Morgan fingerprint density at radius 3 is 2.34 bits per heavy atom. The monoisotopic (exact) mass is 388 g/mol. The van der Waals surface area contributed by atoms with E-state index < -0.39 is 0 Å². The highest BCUT2D eigenvalue weighted by molar-refractivity contribution is 6.43. The van der Waals surface area contributed by atoms with Crippen LogP contribution in [0, 0.1) is 5.41 Å². The lowest BCUT2D eigenvalue weighted by molar-refractivity contribution is -0.114. The van der Waals surface area contributed by atoms with E-state index in [0.29, 0.717) is 18.8 Å². The average Bonchev–Trinajstić information content (AvgIpc) is 2.78. The summed E-state index contributed by atoms with van der Waals surface area (Å²) in [6.45, 7) is 3.61. The first-order valence-corrected chi connectivity index (χ1v) is 10.0. The molecular formula is C25H28N2O2. The number of amides is 1. The summed E-state index contributed by atoms with van der Waals surface area (Å²) in [5, 5.41) is 11.5. The molecule has 4 heteroatoms. The Morgan fingerprint density at radius 2 is 1.72 bits per heavy atom. The van der Waals surface area contributed by atoms with E-state index >= 15 is 0 Å². The molecule has 1 aliphatic heterocycles. The number of aliphatic hydroxyl groups excluding tert-OH is 1. The van der Waals surface area contributed by atoms with E-state index in [-0.39, 0.29) is 17.9 Å². The van der Waals surface area contributed by atoms with Crippen molar-refractivity contribution >= 4 is 11.6 Å². The summed E-state index contributed by atoms with van der Waals surface area (Å²) in [5.74, 6) is -0.0904. The first-order chi connectivity index (χ1) is 14.1. The number of hydrogen-bond donors (Lipinski definition) is 2. The van der Waals surface area contributed by atoms with Crippen LogP contribution in [0.2, 0.25) is 0 Å². The van der Waals surface area contributed by atoms with Gasteiger partial charge < -0.3 is 10.4 Å². The fourth-order valence-electron chi connectivity index (χ4n) is 3.39. The van der Waals surface area contributed by atoms with Gasteiger partial charge in [-0.15, -0.1) is 0 Å². The molecule has 0 fully saturated rings. The van der Waals surface area contributed by atoms with Crippen molar-refractivity contribution in [3.63, 3.8) is 0 Å². The number of dihydropyridines is 1. The third-order valence-electron chi connectivity index (χ3n) is 5.30. The summed E-state index contributed by atoms with van der Waals surface area (Å²) < 4.78 is 0. The molecule has 0 aromatic heterocycles. The lowest BCUT2D eigenvalue weighted by Crippen LogP contribution is -2.35. The van der Waals surface area contributed by atoms with Crippen LogP contribution >= 0.6 is 0 Å². The van der Waals surface area contributed by atoms with Crippen molar-refractivity contribution in [1.82, 2.24) is 5.32 Å². The molecule has 29 heavy (non-hydrogen) atoms. The third-order valence-corrected chi connectivity index (χ3v) is 5.30. The molecule has 150 valence electrons. The van der Waals surface area contributed by atoms with Gasteiger partial charge in [-0.25, -0.2) is 0 Å². The molecule has 2 aliphatic rings. The van der Waals surface area contributed by atoms with E-state index in [4.69, 9.17) is 5.11 Å². The van der Waals surface area contributed by atoms with Crippen LogP contribution in [0.1, 0.15) is 30.9 Å². The molecule has 1 unspecified atom stereocenters. The van der Waals surface area contributed by atoms with Gasteiger partial charge >= 0.3 is 0 Å². The molecule has 0 saturated heterocycles. The van der Waals surface area contributed by atoms with Gasteiger partial charge in [-0.3, -0.25) is 9.79 Å². The van der Waals surface area contributed by atoms with Crippen LogP contribution in [0.3, 0.4) is 0 Å². The second kappa shape index (κ2) is 9.99. The van der Waals surface area contributed by atoms with Gasteiger partial charge in [-0.05, 0) is 35.6 Å². The van der Waals surface area contributed by atoms with Crippen LogP contribution < -0.4 is 5.32 Å². The van der Waals surface area contributed by atoms with E-state index in [1.165, 1.54) is 5.57 Å². The van der Waals surface area contributed by atoms with Gasteiger partial charge in [0.25, 0.3) is 5.91 Å². The molecule has 1 aliphatic carbocycles. The molecule has 1 amide bonds. The summed E-state index contributed by atoms with van der Waals surface area (Å²) in [4.78, 5) is 16.7. The molecular weight excluding hydrogens is 360 g/mol. The summed E-state index contributed by atoms with van der Waals surface area (Å²) >= 11 is 0. The second-order valence-electron chi connectivity index (χ2n) is 7.61. The van der Waals surface area contributed by atoms with E-state index in [0.717, 1.165) is 24.0 Å². The predicted octanol–water partition coefficient (Wildman–Crippen LogP) is 4.22. The predicted molar refractivity (Wildman–Crippen MR) is 118 cm³/mol. The normalized spacial score (nSPS) is 19.8. The number of aliphatic imine (C=N–C) groups is 1. The fraction of sp³-hybridized carbons (Fsp3) is 0.280. The minimum Gasteiger partial charge on any atom is -0.392 e. The van der Waals surface area contributed by atoms with Gasteiger partial charge in [0.05, 0.1) is 6.61 Å². The average molecular weight is 389 g/mol. The van der Waals surface area contributed by atoms with Crippen LogP contribution in [0.25, 0.3) is 0 Å². The molecule has 1 atom stereocenters. The molecule has 0 bridgehead atoms. The highest BCUT2D eigenvalue weighted by Crippen LogP contribution is 2.39. The molecule has 2 aromatic rings. The first kappa shape index (κ1) is 20.7. The molecule has 0 saturated carbocycles. The lowest BCUT2D eigenvalue weighted by Gasteiger charge is -2.34. The van der Waals surface area contributed by atoms with E-state index in [9.17, 15) is 4.79 Å². The molecule has 0 radical (unpaired) electrons. The highest BCUT2D eigenvalue weighted by Gasteiger charge is 2.32. The maximum atomic E-state index is 12.2. The Bertz CT molecular complexity index is 901. The molecule has 2 aromatic carbocycles. The summed E-state index contributed by atoms with van der Waals surface area (Å²) in [5.41, 5.74) is 3.95. The molecule has 4 nitrogen and oxygen atoms in total. The quantitative estimate of drug-likeness (QED) is 0.824. The zero-order valence-electron chi connectivity index (χ0n) is 16.8. The number of carbonyl (C=O) groups is 1. The van der Waals surface area contributed by atoms with Crippen molar-refractivity contribution in [3.8, 4) is 0 Å². The molecule has 2 N–H and O–H groups in total. The van der Waals surface area contributed by atoms with Crippen LogP contribution in [0.4, 0.5) is 0 Å². The van der Waals surface area contributed by atoms with Crippen LogP contribution in [0.15, 0.2) is 89.5 Å². The maximum Gasteiger partial charge on any atom is 0.269 e. The largest absolute Gasteiger partial charge is 0.392 e. The smallest absolute Gasteiger partial charge is 0.269 e. The van der Waals surface area contributed by atoms with Crippen molar-refractivity contribution in [2.45, 2.75) is 32.9 Å². The first-order valence-electron chi connectivity index (χ1n) is 10.0. The minimum atomic E-state index is -0.0904. The lowest BCUT2D eigenvalue weighted by atomic mass is 9.73. The van der Waals surface area contributed by atoms with E-state index in [1.54, 1.807) is 0 Å². The van der Waals surface area contributed by atoms with Crippen molar-refractivity contribution in [2.75, 3.05) is 6.54 Å². The van der Waals surface area contributed by atoms with Gasteiger partial charge in [0, 0.05) is 18.5 Å². The van der Waals surface area contributed by atoms with E-state index in [2.05, 4.69) is 29.4 Å². The topological polar surface area (TPSA) is 61.7 Å². The SMILES string of the molecule is CC12CCC=CC1=CC(C(=O)NCc1ccccc1)=NC2.OCc1ccccc1. The summed E-state index contributed by atoms with van der Waals surface area (Å²) in [6, 6.07) is 19.4. The molecule has 1 heterocycles. The maximum absolute atomic E-state index is 12.2. The van der Waals surface area contributed by atoms with Crippen molar-refractivity contribution in [1.29, 1.82) is 0 Å². The Balaban J connectivity index is 0.000000252.